The molecule has 1 fully saturated rings. The van der Waals surface area contributed by atoms with Crippen LogP contribution < -0.4 is 14.4 Å². The lowest BCUT2D eigenvalue weighted by atomic mass is 10.2. The van der Waals surface area contributed by atoms with E-state index in [1.807, 2.05) is 6.92 Å². The van der Waals surface area contributed by atoms with Crippen LogP contribution in [0, 0.1) is 0 Å². The van der Waals surface area contributed by atoms with Crippen molar-refractivity contribution in [1.29, 1.82) is 0 Å². The minimum atomic E-state index is -3.70. The summed E-state index contributed by atoms with van der Waals surface area (Å²) in [6.07, 6.45) is 0. The van der Waals surface area contributed by atoms with Crippen molar-refractivity contribution < 1.29 is 22.7 Å². The SMILES string of the molecule is CCOc1ccc(S(=O)(=O)Nc2ccc(N3CCOCC3=O)cc2)cc1. The predicted octanol–water partition coefficient (Wildman–Crippen LogP) is 2.25. The van der Waals surface area contributed by atoms with Crippen molar-refractivity contribution in [3.05, 3.63) is 48.5 Å². The maximum absolute atomic E-state index is 12.5. The molecule has 0 aliphatic carbocycles. The highest BCUT2D eigenvalue weighted by atomic mass is 32.2. The second-order valence-electron chi connectivity index (χ2n) is 5.65. The van der Waals surface area contributed by atoms with Crippen molar-refractivity contribution in [2.24, 2.45) is 0 Å². The smallest absolute Gasteiger partial charge is 0.261 e. The summed E-state index contributed by atoms with van der Waals surface area (Å²) >= 11 is 0. The van der Waals surface area contributed by atoms with Gasteiger partial charge in [-0.3, -0.25) is 9.52 Å². The zero-order valence-corrected chi connectivity index (χ0v) is 15.2. The minimum absolute atomic E-state index is 0.0616. The van der Waals surface area contributed by atoms with Gasteiger partial charge in [-0.1, -0.05) is 0 Å². The van der Waals surface area contributed by atoms with Crippen LogP contribution in [0.15, 0.2) is 53.4 Å². The first-order valence-electron chi connectivity index (χ1n) is 8.23. The number of rotatable bonds is 6. The number of hydrogen-bond donors (Lipinski definition) is 1. The molecule has 2 aromatic rings. The van der Waals surface area contributed by atoms with Crippen molar-refractivity contribution in [2.75, 3.05) is 36.0 Å². The van der Waals surface area contributed by atoms with E-state index in [1.165, 1.54) is 12.1 Å². The lowest BCUT2D eigenvalue weighted by Crippen LogP contribution is -2.41. The Kier molecular flexibility index (Phi) is 5.43. The highest BCUT2D eigenvalue weighted by molar-refractivity contribution is 7.92. The van der Waals surface area contributed by atoms with Crippen molar-refractivity contribution in [2.45, 2.75) is 11.8 Å². The highest BCUT2D eigenvalue weighted by Crippen LogP contribution is 2.23. The fourth-order valence-corrected chi connectivity index (χ4v) is 3.65. The molecule has 0 radical (unpaired) electrons. The van der Waals surface area contributed by atoms with Gasteiger partial charge in [0.2, 0.25) is 0 Å². The van der Waals surface area contributed by atoms with E-state index in [2.05, 4.69) is 4.72 Å². The van der Waals surface area contributed by atoms with E-state index >= 15 is 0 Å². The first-order valence-corrected chi connectivity index (χ1v) is 9.72. The third-order valence-corrected chi connectivity index (χ3v) is 5.26. The summed E-state index contributed by atoms with van der Waals surface area (Å²) in [4.78, 5) is 13.6. The molecule has 8 heteroatoms. The summed E-state index contributed by atoms with van der Waals surface area (Å²) < 4.78 is 37.9. The number of nitrogens with one attached hydrogen (secondary N) is 1. The summed E-state index contributed by atoms with van der Waals surface area (Å²) in [6.45, 7) is 3.41. The standard InChI is InChI=1S/C18H20N2O5S/c1-2-25-16-7-9-17(10-8-16)26(22,23)19-14-3-5-15(6-4-14)20-11-12-24-13-18(20)21/h3-10,19H,2,11-13H2,1H3. The van der Waals surface area contributed by atoms with Gasteiger partial charge in [-0.2, -0.15) is 0 Å². The van der Waals surface area contributed by atoms with E-state index < -0.39 is 10.0 Å². The van der Waals surface area contributed by atoms with Crippen LogP contribution in [0.5, 0.6) is 5.75 Å². The molecule has 0 bridgehead atoms. The van der Waals surface area contributed by atoms with Crippen LogP contribution in [0.4, 0.5) is 11.4 Å². The molecule has 26 heavy (non-hydrogen) atoms. The Morgan fingerprint density at radius 2 is 1.81 bits per heavy atom. The molecule has 1 aliphatic heterocycles. The van der Waals surface area contributed by atoms with Crippen molar-refractivity contribution in [1.82, 2.24) is 0 Å². The summed E-state index contributed by atoms with van der Waals surface area (Å²) in [5.41, 5.74) is 1.13. The average molecular weight is 376 g/mol. The zero-order chi connectivity index (χ0) is 18.6. The Labute approximate surface area is 152 Å². The Morgan fingerprint density at radius 3 is 2.42 bits per heavy atom. The first kappa shape index (κ1) is 18.2. The highest BCUT2D eigenvalue weighted by Gasteiger charge is 2.20. The molecule has 1 aliphatic rings. The zero-order valence-electron chi connectivity index (χ0n) is 14.3. The van der Waals surface area contributed by atoms with Crippen LogP contribution in [-0.4, -0.2) is 40.7 Å². The molecule has 0 spiro atoms. The van der Waals surface area contributed by atoms with Crippen LogP contribution in [0.3, 0.4) is 0 Å². The number of benzene rings is 2. The Balaban J connectivity index is 1.72. The lowest BCUT2D eigenvalue weighted by molar-refractivity contribution is -0.125. The Bertz CT molecular complexity index is 863. The van der Waals surface area contributed by atoms with Crippen LogP contribution in [0.1, 0.15) is 6.92 Å². The second kappa shape index (κ2) is 7.76. The molecular formula is C18H20N2O5S. The van der Waals surface area contributed by atoms with Crippen LogP contribution >= 0.6 is 0 Å². The molecule has 0 atom stereocenters. The minimum Gasteiger partial charge on any atom is -0.494 e. The maximum Gasteiger partial charge on any atom is 0.261 e. The molecule has 1 amide bonds. The Morgan fingerprint density at radius 1 is 1.12 bits per heavy atom. The number of sulfonamides is 1. The fraction of sp³-hybridized carbons (Fsp3) is 0.278. The molecular weight excluding hydrogens is 356 g/mol. The van der Waals surface area contributed by atoms with E-state index in [9.17, 15) is 13.2 Å². The molecule has 0 unspecified atom stereocenters. The maximum atomic E-state index is 12.5. The molecule has 2 aromatic carbocycles. The van der Waals surface area contributed by atoms with Gasteiger partial charge in [0.1, 0.15) is 12.4 Å². The molecule has 1 heterocycles. The van der Waals surface area contributed by atoms with Gasteiger partial charge in [0.15, 0.2) is 0 Å². The monoisotopic (exact) mass is 376 g/mol. The quantitative estimate of drug-likeness (QED) is 0.836. The first-order chi connectivity index (χ1) is 12.5. The molecule has 0 saturated carbocycles. The van der Waals surface area contributed by atoms with Crippen molar-refractivity contribution >= 4 is 27.3 Å². The number of amides is 1. The molecule has 1 saturated heterocycles. The third kappa shape index (κ3) is 4.14. The summed E-state index contributed by atoms with van der Waals surface area (Å²) in [5, 5.41) is 0. The van der Waals surface area contributed by atoms with E-state index in [4.69, 9.17) is 9.47 Å². The summed E-state index contributed by atoms with van der Waals surface area (Å²) in [7, 11) is -3.70. The number of ether oxygens (including phenoxy) is 2. The molecule has 3 rings (SSSR count). The van der Waals surface area contributed by atoms with Gasteiger partial charge < -0.3 is 14.4 Å². The number of carbonyl (C=O) groups excluding carboxylic acids is 1. The van der Waals surface area contributed by atoms with E-state index in [0.29, 0.717) is 36.9 Å². The van der Waals surface area contributed by atoms with Crippen LogP contribution in [-0.2, 0) is 19.6 Å². The van der Waals surface area contributed by atoms with Gasteiger partial charge >= 0.3 is 0 Å². The normalized spacial score (nSPS) is 15.0. The summed E-state index contributed by atoms with van der Waals surface area (Å²) in [6, 6.07) is 12.9. The second-order valence-corrected chi connectivity index (χ2v) is 7.34. The van der Waals surface area contributed by atoms with E-state index in [1.54, 1.807) is 41.3 Å². The number of nitrogens with zero attached hydrogens (tertiary/aromatic N) is 1. The molecule has 7 nitrogen and oxygen atoms in total. The van der Waals surface area contributed by atoms with Crippen molar-refractivity contribution in [3.63, 3.8) is 0 Å². The largest absolute Gasteiger partial charge is 0.494 e. The number of morpholine rings is 1. The predicted molar refractivity (Wildman–Crippen MR) is 98.0 cm³/mol. The van der Waals surface area contributed by atoms with Gasteiger partial charge in [-0.25, -0.2) is 8.42 Å². The third-order valence-electron chi connectivity index (χ3n) is 3.86. The summed E-state index contributed by atoms with van der Waals surface area (Å²) in [5.74, 6) is 0.505. The number of hydrogen-bond acceptors (Lipinski definition) is 5. The Hall–Kier alpha value is -2.58. The topological polar surface area (TPSA) is 84.9 Å². The molecule has 1 N–H and O–H groups in total. The average Bonchev–Trinajstić information content (AvgIpc) is 2.63. The van der Waals surface area contributed by atoms with Gasteiger partial charge in [0.05, 0.1) is 18.1 Å². The van der Waals surface area contributed by atoms with Crippen LogP contribution in [0.25, 0.3) is 0 Å². The molecule has 0 aromatic heterocycles. The fourth-order valence-electron chi connectivity index (χ4n) is 2.60. The van der Waals surface area contributed by atoms with Crippen molar-refractivity contribution in [3.8, 4) is 5.75 Å². The van der Waals surface area contributed by atoms with Crippen LogP contribution in [0.2, 0.25) is 0 Å². The number of carbonyl (C=O) groups is 1. The number of anilines is 2. The van der Waals surface area contributed by atoms with Gasteiger partial charge in [-0.15, -0.1) is 0 Å². The van der Waals surface area contributed by atoms with Gasteiger partial charge in [0.25, 0.3) is 15.9 Å². The van der Waals surface area contributed by atoms with E-state index in [-0.39, 0.29) is 17.4 Å². The van der Waals surface area contributed by atoms with Gasteiger partial charge in [0, 0.05) is 17.9 Å². The van der Waals surface area contributed by atoms with E-state index in [0.717, 1.165) is 0 Å². The molecule has 138 valence electrons. The lowest BCUT2D eigenvalue weighted by Gasteiger charge is -2.26. The van der Waals surface area contributed by atoms with Gasteiger partial charge in [-0.05, 0) is 55.5 Å².